The van der Waals surface area contributed by atoms with Crippen LogP contribution in [0.1, 0.15) is 25.1 Å². The molecule has 0 atom stereocenters. The summed E-state index contributed by atoms with van der Waals surface area (Å²) in [5.74, 6) is 0. The molecule has 0 unspecified atom stereocenters. The van der Waals surface area contributed by atoms with E-state index in [4.69, 9.17) is 10.8 Å². The molecule has 104 valence electrons. The van der Waals surface area contributed by atoms with E-state index in [1.807, 2.05) is 13.8 Å². The number of sulfonamides is 1. The molecule has 0 aliphatic rings. The third-order valence-electron chi connectivity index (χ3n) is 2.51. The molecule has 0 spiro atoms. The van der Waals surface area contributed by atoms with Gasteiger partial charge in [0.1, 0.15) is 4.21 Å². The van der Waals surface area contributed by atoms with E-state index >= 15 is 0 Å². The Morgan fingerprint density at radius 3 is 2.56 bits per heavy atom. The van der Waals surface area contributed by atoms with Gasteiger partial charge in [0, 0.05) is 30.6 Å². The van der Waals surface area contributed by atoms with Crippen LogP contribution in [-0.2, 0) is 16.6 Å². The highest BCUT2D eigenvalue weighted by Gasteiger charge is 2.27. The zero-order valence-electron chi connectivity index (χ0n) is 10.7. The van der Waals surface area contributed by atoms with Crippen molar-refractivity contribution < 1.29 is 13.5 Å². The van der Waals surface area contributed by atoms with Gasteiger partial charge in [0.05, 0.1) is 0 Å². The topological polar surface area (TPSA) is 83.6 Å². The fourth-order valence-corrected chi connectivity index (χ4v) is 4.64. The minimum atomic E-state index is -3.48. The van der Waals surface area contributed by atoms with E-state index < -0.39 is 10.0 Å². The minimum absolute atomic E-state index is 0.0166. The first-order valence-electron chi connectivity index (χ1n) is 5.85. The predicted molar refractivity (Wildman–Crippen MR) is 72.9 cm³/mol. The second-order valence-corrected chi connectivity index (χ2v) is 7.50. The van der Waals surface area contributed by atoms with Crippen molar-refractivity contribution in [3.63, 3.8) is 0 Å². The minimum Gasteiger partial charge on any atom is -0.396 e. The summed E-state index contributed by atoms with van der Waals surface area (Å²) in [5.41, 5.74) is 5.49. The van der Waals surface area contributed by atoms with Crippen LogP contribution in [-0.4, -0.2) is 37.0 Å². The number of nitrogens with zero attached hydrogens (tertiary/aromatic N) is 1. The van der Waals surface area contributed by atoms with Gasteiger partial charge >= 0.3 is 0 Å². The highest BCUT2D eigenvalue weighted by atomic mass is 32.2. The largest absolute Gasteiger partial charge is 0.396 e. The molecule has 0 fully saturated rings. The molecular formula is C11H20N2O3S2. The lowest BCUT2D eigenvalue weighted by molar-refractivity contribution is 0.258. The molecule has 1 heterocycles. The molecule has 0 amide bonds. The molecule has 0 radical (unpaired) electrons. The Bertz CT molecular complexity index is 468. The van der Waals surface area contributed by atoms with Crippen LogP contribution in [0.2, 0.25) is 0 Å². The molecule has 1 rings (SSSR count). The standard InChI is InChI=1S/C11H20N2O3S2/c1-9(2)13(6-3-7-14)18(15,16)11-5-4-10(8-12)17-11/h4-5,9,14H,3,6-8,12H2,1-2H3. The number of aliphatic hydroxyl groups is 1. The van der Waals surface area contributed by atoms with Gasteiger partial charge in [-0.1, -0.05) is 0 Å². The van der Waals surface area contributed by atoms with E-state index in [9.17, 15) is 8.42 Å². The lowest BCUT2D eigenvalue weighted by Crippen LogP contribution is -2.37. The number of aliphatic hydroxyl groups excluding tert-OH is 1. The summed E-state index contributed by atoms with van der Waals surface area (Å²) in [7, 11) is -3.48. The van der Waals surface area contributed by atoms with Gasteiger partial charge in [-0.05, 0) is 32.4 Å². The fraction of sp³-hybridized carbons (Fsp3) is 0.636. The van der Waals surface area contributed by atoms with E-state index in [-0.39, 0.29) is 12.6 Å². The normalized spacial score (nSPS) is 12.6. The first kappa shape index (κ1) is 15.6. The Kier molecular flexibility index (Phi) is 5.74. The van der Waals surface area contributed by atoms with Crippen LogP contribution >= 0.6 is 11.3 Å². The number of hydrogen-bond donors (Lipinski definition) is 2. The smallest absolute Gasteiger partial charge is 0.252 e. The van der Waals surface area contributed by atoms with Crippen molar-refractivity contribution in [2.24, 2.45) is 5.73 Å². The first-order chi connectivity index (χ1) is 8.43. The summed E-state index contributed by atoms with van der Waals surface area (Å²) < 4.78 is 26.6. The number of hydrogen-bond acceptors (Lipinski definition) is 5. The maximum absolute atomic E-state index is 12.4. The SMILES string of the molecule is CC(C)N(CCCO)S(=O)(=O)c1ccc(CN)s1. The van der Waals surface area contributed by atoms with E-state index in [2.05, 4.69) is 0 Å². The molecule has 18 heavy (non-hydrogen) atoms. The number of nitrogens with two attached hydrogens (primary N) is 1. The van der Waals surface area contributed by atoms with Crippen LogP contribution in [0.4, 0.5) is 0 Å². The maximum Gasteiger partial charge on any atom is 0.252 e. The summed E-state index contributed by atoms with van der Waals surface area (Å²) in [5, 5.41) is 8.84. The van der Waals surface area contributed by atoms with Gasteiger partial charge in [-0.15, -0.1) is 11.3 Å². The molecule has 0 aliphatic heterocycles. The van der Waals surface area contributed by atoms with Crippen LogP contribution in [0.3, 0.4) is 0 Å². The molecule has 0 saturated heterocycles. The van der Waals surface area contributed by atoms with Crippen molar-refractivity contribution in [2.45, 2.75) is 37.1 Å². The average molecular weight is 292 g/mol. The Labute approximate surface area is 112 Å². The molecule has 0 aliphatic carbocycles. The van der Waals surface area contributed by atoms with Gasteiger partial charge in [-0.3, -0.25) is 0 Å². The van der Waals surface area contributed by atoms with Crippen molar-refractivity contribution in [3.8, 4) is 0 Å². The van der Waals surface area contributed by atoms with Crippen molar-refractivity contribution >= 4 is 21.4 Å². The van der Waals surface area contributed by atoms with Crippen LogP contribution < -0.4 is 5.73 Å². The predicted octanol–water partition coefficient (Wildman–Crippen LogP) is 0.988. The Hall–Kier alpha value is -0.470. The monoisotopic (exact) mass is 292 g/mol. The second-order valence-electron chi connectivity index (χ2n) is 4.21. The van der Waals surface area contributed by atoms with Crippen molar-refractivity contribution in [2.75, 3.05) is 13.2 Å². The van der Waals surface area contributed by atoms with Gasteiger partial charge in [-0.25, -0.2) is 8.42 Å². The van der Waals surface area contributed by atoms with E-state index in [1.54, 1.807) is 12.1 Å². The van der Waals surface area contributed by atoms with Gasteiger partial charge in [0.25, 0.3) is 10.0 Å². The van der Waals surface area contributed by atoms with Crippen LogP contribution in [0.5, 0.6) is 0 Å². The van der Waals surface area contributed by atoms with Gasteiger partial charge in [0.15, 0.2) is 0 Å². The van der Waals surface area contributed by atoms with E-state index in [0.29, 0.717) is 23.7 Å². The van der Waals surface area contributed by atoms with Crippen molar-refractivity contribution in [1.29, 1.82) is 0 Å². The third-order valence-corrected chi connectivity index (χ3v) is 6.16. The molecule has 3 N–H and O–H groups in total. The summed E-state index contributed by atoms with van der Waals surface area (Å²) >= 11 is 1.20. The van der Waals surface area contributed by atoms with Gasteiger partial charge in [-0.2, -0.15) is 4.31 Å². The van der Waals surface area contributed by atoms with Crippen molar-refractivity contribution in [3.05, 3.63) is 17.0 Å². The second kappa shape index (κ2) is 6.63. The van der Waals surface area contributed by atoms with Crippen molar-refractivity contribution in [1.82, 2.24) is 4.31 Å². The zero-order valence-corrected chi connectivity index (χ0v) is 12.3. The average Bonchev–Trinajstić information content (AvgIpc) is 2.77. The van der Waals surface area contributed by atoms with E-state index in [0.717, 1.165) is 4.88 Å². The quantitative estimate of drug-likeness (QED) is 0.785. The summed E-state index contributed by atoms with van der Waals surface area (Å²) in [6, 6.07) is 3.20. The molecule has 1 aromatic heterocycles. The highest BCUT2D eigenvalue weighted by molar-refractivity contribution is 7.91. The Morgan fingerprint density at radius 1 is 1.44 bits per heavy atom. The lowest BCUT2D eigenvalue weighted by Gasteiger charge is -2.24. The summed E-state index contributed by atoms with van der Waals surface area (Å²) in [4.78, 5) is 0.847. The zero-order chi connectivity index (χ0) is 13.8. The number of thiophene rings is 1. The van der Waals surface area contributed by atoms with Crippen LogP contribution in [0.25, 0.3) is 0 Å². The molecular weight excluding hydrogens is 272 g/mol. The molecule has 7 heteroatoms. The van der Waals surface area contributed by atoms with Gasteiger partial charge < -0.3 is 10.8 Å². The van der Waals surface area contributed by atoms with Gasteiger partial charge in [0.2, 0.25) is 0 Å². The molecule has 5 nitrogen and oxygen atoms in total. The summed E-state index contributed by atoms with van der Waals surface area (Å²) in [6.45, 7) is 4.31. The molecule has 1 aromatic rings. The van der Waals surface area contributed by atoms with Crippen LogP contribution in [0.15, 0.2) is 16.3 Å². The lowest BCUT2D eigenvalue weighted by atomic mass is 10.3. The first-order valence-corrected chi connectivity index (χ1v) is 8.10. The Balaban J connectivity index is 3.00. The molecule has 0 aromatic carbocycles. The summed E-state index contributed by atoms with van der Waals surface area (Å²) in [6.07, 6.45) is 0.437. The maximum atomic E-state index is 12.4. The Morgan fingerprint density at radius 2 is 2.11 bits per heavy atom. The van der Waals surface area contributed by atoms with E-state index in [1.165, 1.54) is 15.6 Å². The molecule has 0 saturated carbocycles. The van der Waals surface area contributed by atoms with Crippen LogP contribution in [0, 0.1) is 0 Å². The highest BCUT2D eigenvalue weighted by Crippen LogP contribution is 2.26. The number of rotatable bonds is 7. The fourth-order valence-electron chi connectivity index (χ4n) is 1.60. The molecule has 0 bridgehead atoms. The third kappa shape index (κ3) is 3.52.